The first-order valence-electron chi connectivity index (χ1n) is 8.63. The van der Waals surface area contributed by atoms with Gasteiger partial charge in [-0.3, -0.25) is 0 Å². The van der Waals surface area contributed by atoms with Crippen molar-refractivity contribution in [2.75, 3.05) is 31.5 Å². The topological polar surface area (TPSA) is 58.9 Å². The number of nitrogens with zero attached hydrogens (tertiary/aromatic N) is 5. The first-order valence-corrected chi connectivity index (χ1v) is 8.63. The average Bonchev–Trinajstić information content (AvgIpc) is 3.07. The van der Waals surface area contributed by atoms with Gasteiger partial charge in [0.1, 0.15) is 18.0 Å². The highest BCUT2D eigenvalue weighted by molar-refractivity contribution is 5.87. The Morgan fingerprint density at radius 1 is 1.20 bits per heavy atom. The Morgan fingerprint density at radius 2 is 2.04 bits per heavy atom. The Hall–Kier alpha value is -2.54. The van der Waals surface area contributed by atoms with E-state index >= 15 is 0 Å². The fourth-order valence-corrected chi connectivity index (χ4v) is 2.83. The van der Waals surface area contributed by atoms with E-state index in [2.05, 4.69) is 39.1 Å². The van der Waals surface area contributed by atoms with Gasteiger partial charge in [-0.1, -0.05) is 19.9 Å². The van der Waals surface area contributed by atoms with E-state index < -0.39 is 0 Å². The molecule has 0 aliphatic rings. The zero-order valence-electron chi connectivity index (χ0n) is 14.6. The van der Waals surface area contributed by atoms with Crippen LogP contribution < -0.4 is 5.32 Å². The third kappa shape index (κ3) is 3.93. The van der Waals surface area contributed by atoms with Crippen LogP contribution in [0.1, 0.15) is 20.3 Å². The van der Waals surface area contributed by atoms with Crippen molar-refractivity contribution < 1.29 is 4.39 Å². The molecule has 0 unspecified atom stereocenters. The maximum absolute atomic E-state index is 13.5. The van der Waals surface area contributed by atoms with E-state index in [-0.39, 0.29) is 5.82 Å². The lowest BCUT2D eigenvalue weighted by Crippen LogP contribution is -2.25. The first-order chi connectivity index (χ1) is 12.2. The number of hydrogen-bond acceptors (Lipinski definition) is 5. The van der Waals surface area contributed by atoms with E-state index in [1.807, 2.05) is 0 Å². The van der Waals surface area contributed by atoms with E-state index in [0.29, 0.717) is 11.3 Å². The number of aromatic nitrogens is 4. The number of halogens is 1. The Morgan fingerprint density at radius 3 is 2.80 bits per heavy atom. The van der Waals surface area contributed by atoms with Crippen LogP contribution in [0.25, 0.3) is 16.7 Å². The van der Waals surface area contributed by atoms with Crippen LogP contribution in [0, 0.1) is 5.82 Å². The predicted octanol–water partition coefficient (Wildman–Crippen LogP) is 3.10. The van der Waals surface area contributed by atoms with Crippen molar-refractivity contribution in [2.45, 2.75) is 20.3 Å². The summed E-state index contributed by atoms with van der Waals surface area (Å²) in [4.78, 5) is 11.0. The zero-order valence-corrected chi connectivity index (χ0v) is 14.6. The molecule has 0 saturated carbocycles. The van der Waals surface area contributed by atoms with Crippen molar-refractivity contribution in [3.05, 3.63) is 42.6 Å². The van der Waals surface area contributed by atoms with E-state index in [0.717, 1.165) is 43.8 Å². The van der Waals surface area contributed by atoms with E-state index in [9.17, 15) is 4.39 Å². The van der Waals surface area contributed by atoms with Gasteiger partial charge in [0.15, 0.2) is 5.65 Å². The Bertz CT molecular complexity index is 827. The van der Waals surface area contributed by atoms with Gasteiger partial charge >= 0.3 is 0 Å². The summed E-state index contributed by atoms with van der Waals surface area (Å²) in [6.07, 6.45) is 4.25. The molecule has 1 aromatic carbocycles. The summed E-state index contributed by atoms with van der Waals surface area (Å²) in [5.74, 6) is 0.456. The Kier molecular flexibility index (Phi) is 5.55. The maximum atomic E-state index is 13.5. The normalized spacial score (nSPS) is 11.4. The summed E-state index contributed by atoms with van der Waals surface area (Å²) in [6, 6.07) is 6.30. The fourth-order valence-electron chi connectivity index (χ4n) is 2.83. The monoisotopic (exact) mass is 342 g/mol. The molecule has 0 amide bonds. The predicted molar refractivity (Wildman–Crippen MR) is 97.5 cm³/mol. The smallest absolute Gasteiger partial charge is 0.168 e. The Labute approximate surface area is 146 Å². The number of fused-ring (bicyclic) bond motifs is 1. The van der Waals surface area contributed by atoms with Crippen molar-refractivity contribution in [2.24, 2.45) is 0 Å². The number of nitrogens with one attached hydrogen (secondary N) is 1. The standard InChI is InChI=1S/C18H23FN6/c1-3-24(4-2)10-6-9-20-17-16-12-23-25(18(16)22-13-21-17)15-8-5-7-14(19)11-15/h5,7-8,11-13H,3-4,6,9-10H2,1-2H3,(H,20,21,22). The number of anilines is 1. The summed E-state index contributed by atoms with van der Waals surface area (Å²) in [5.41, 5.74) is 1.30. The molecule has 2 aromatic heterocycles. The third-order valence-corrected chi connectivity index (χ3v) is 4.26. The summed E-state index contributed by atoms with van der Waals surface area (Å²) in [6.45, 7) is 8.35. The van der Waals surface area contributed by atoms with Crippen molar-refractivity contribution in [3.63, 3.8) is 0 Å². The van der Waals surface area contributed by atoms with Crippen molar-refractivity contribution in [1.82, 2.24) is 24.6 Å². The molecule has 0 saturated heterocycles. The molecule has 2 heterocycles. The maximum Gasteiger partial charge on any atom is 0.168 e. The molecular formula is C18H23FN6. The minimum absolute atomic E-state index is 0.301. The van der Waals surface area contributed by atoms with Gasteiger partial charge in [-0.15, -0.1) is 0 Å². The van der Waals surface area contributed by atoms with Crippen LogP contribution in [0.15, 0.2) is 36.8 Å². The molecule has 0 spiro atoms. The average molecular weight is 342 g/mol. The lowest BCUT2D eigenvalue weighted by Gasteiger charge is -2.17. The van der Waals surface area contributed by atoms with Crippen LogP contribution in [0.2, 0.25) is 0 Å². The van der Waals surface area contributed by atoms with Gasteiger partial charge in [0.05, 0.1) is 17.3 Å². The van der Waals surface area contributed by atoms with Gasteiger partial charge in [-0.25, -0.2) is 19.0 Å². The van der Waals surface area contributed by atoms with Crippen LogP contribution in [-0.4, -0.2) is 50.8 Å². The molecular weight excluding hydrogens is 319 g/mol. The van der Waals surface area contributed by atoms with Crippen LogP contribution in [0.5, 0.6) is 0 Å². The van der Waals surface area contributed by atoms with Crippen LogP contribution in [0.3, 0.4) is 0 Å². The zero-order chi connectivity index (χ0) is 17.6. The molecule has 0 aliphatic carbocycles. The van der Waals surface area contributed by atoms with Crippen molar-refractivity contribution >= 4 is 16.9 Å². The van der Waals surface area contributed by atoms with Crippen LogP contribution in [-0.2, 0) is 0 Å². The van der Waals surface area contributed by atoms with Gasteiger partial charge in [0.2, 0.25) is 0 Å². The molecule has 132 valence electrons. The molecule has 0 aliphatic heterocycles. The summed E-state index contributed by atoms with van der Waals surface area (Å²) in [7, 11) is 0. The minimum atomic E-state index is -0.301. The highest BCUT2D eigenvalue weighted by Gasteiger charge is 2.11. The van der Waals surface area contributed by atoms with Gasteiger partial charge < -0.3 is 10.2 Å². The molecule has 3 rings (SSSR count). The number of hydrogen-bond donors (Lipinski definition) is 1. The van der Waals surface area contributed by atoms with Crippen LogP contribution in [0.4, 0.5) is 10.2 Å². The SMILES string of the molecule is CCN(CC)CCCNc1ncnc2c1cnn2-c1cccc(F)c1. The van der Waals surface area contributed by atoms with E-state index in [1.165, 1.54) is 18.5 Å². The molecule has 1 N–H and O–H groups in total. The van der Waals surface area contributed by atoms with Gasteiger partial charge in [0, 0.05) is 6.54 Å². The molecule has 0 bridgehead atoms. The van der Waals surface area contributed by atoms with Gasteiger partial charge in [0.25, 0.3) is 0 Å². The second kappa shape index (κ2) is 8.02. The molecule has 3 aromatic rings. The highest BCUT2D eigenvalue weighted by Crippen LogP contribution is 2.21. The first kappa shape index (κ1) is 17.3. The lowest BCUT2D eigenvalue weighted by atomic mass is 10.3. The van der Waals surface area contributed by atoms with E-state index in [1.54, 1.807) is 23.0 Å². The summed E-state index contributed by atoms with van der Waals surface area (Å²) < 4.78 is 15.1. The van der Waals surface area contributed by atoms with Gasteiger partial charge in [-0.2, -0.15) is 5.10 Å². The third-order valence-electron chi connectivity index (χ3n) is 4.26. The molecule has 0 fully saturated rings. The highest BCUT2D eigenvalue weighted by atomic mass is 19.1. The number of rotatable bonds is 8. The molecule has 0 radical (unpaired) electrons. The molecule has 6 nitrogen and oxygen atoms in total. The summed E-state index contributed by atoms with van der Waals surface area (Å²) in [5, 5.41) is 8.54. The number of benzene rings is 1. The van der Waals surface area contributed by atoms with E-state index in [4.69, 9.17) is 0 Å². The minimum Gasteiger partial charge on any atom is -0.369 e. The fraction of sp³-hybridized carbons (Fsp3) is 0.389. The summed E-state index contributed by atoms with van der Waals surface area (Å²) >= 11 is 0. The molecule has 0 atom stereocenters. The van der Waals surface area contributed by atoms with Crippen LogP contribution >= 0.6 is 0 Å². The van der Waals surface area contributed by atoms with Crippen molar-refractivity contribution in [3.8, 4) is 5.69 Å². The quantitative estimate of drug-likeness (QED) is 0.638. The molecule has 25 heavy (non-hydrogen) atoms. The van der Waals surface area contributed by atoms with Crippen molar-refractivity contribution in [1.29, 1.82) is 0 Å². The second-order valence-corrected chi connectivity index (χ2v) is 5.80. The molecule has 7 heteroatoms. The Balaban J connectivity index is 1.75. The largest absolute Gasteiger partial charge is 0.369 e. The second-order valence-electron chi connectivity index (χ2n) is 5.80. The lowest BCUT2D eigenvalue weighted by molar-refractivity contribution is 0.303. The van der Waals surface area contributed by atoms with Gasteiger partial charge in [-0.05, 0) is 44.3 Å².